The summed E-state index contributed by atoms with van der Waals surface area (Å²) in [7, 11) is 1.70. The maximum Gasteiger partial charge on any atom is 0.323 e. The minimum atomic E-state index is -0.986. The molecule has 1 aliphatic rings. The lowest BCUT2D eigenvalue weighted by Crippen LogP contribution is -2.33. The Morgan fingerprint density at radius 3 is 2.94 bits per heavy atom. The number of carbonyl (C=O) groups excluding carboxylic acids is 1. The summed E-state index contributed by atoms with van der Waals surface area (Å²) >= 11 is 4.93. The zero-order valence-corrected chi connectivity index (χ0v) is 11.5. The van der Waals surface area contributed by atoms with Gasteiger partial charge in [0, 0.05) is 28.3 Å². The van der Waals surface area contributed by atoms with E-state index in [1.807, 2.05) is 11.4 Å². The minimum absolute atomic E-state index is 0.0573. The molecule has 2 amide bonds. The molecule has 0 bridgehead atoms. The van der Waals surface area contributed by atoms with Crippen LogP contribution < -0.4 is 0 Å². The van der Waals surface area contributed by atoms with E-state index in [2.05, 4.69) is 15.9 Å². The van der Waals surface area contributed by atoms with Gasteiger partial charge in [0.1, 0.15) is 6.54 Å². The van der Waals surface area contributed by atoms with Gasteiger partial charge in [-0.2, -0.15) is 0 Å². The number of halogens is 1. The Labute approximate surface area is 111 Å². The summed E-state index contributed by atoms with van der Waals surface area (Å²) in [6.45, 7) is 0.181. The first-order chi connectivity index (χ1) is 7.99. The van der Waals surface area contributed by atoms with E-state index < -0.39 is 5.97 Å². The molecule has 0 aliphatic carbocycles. The van der Waals surface area contributed by atoms with Crippen molar-refractivity contribution in [2.45, 2.75) is 6.04 Å². The molecule has 1 unspecified atom stereocenters. The van der Waals surface area contributed by atoms with Crippen LogP contribution in [0.25, 0.3) is 0 Å². The average Bonchev–Trinajstić information content (AvgIpc) is 2.77. The van der Waals surface area contributed by atoms with E-state index in [9.17, 15) is 9.59 Å². The Hall–Kier alpha value is -1.08. The number of nitrogens with zero attached hydrogens (tertiary/aromatic N) is 2. The van der Waals surface area contributed by atoms with Crippen LogP contribution in [0, 0.1) is 0 Å². The standard InChI is InChI=1S/C10H11BrN2O3S/c1-12-7(8-2-6(11)5-17-8)3-13(10(12)16)4-9(14)15/h2,5,7H,3-4H2,1H3,(H,14,15). The van der Waals surface area contributed by atoms with E-state index >= 15 is 0 Å². The number of carbonyl (C=O) groups is 2. The van der Waals surface area contributed by atoms with Crippen LogP contribution >= 0.6 is 27.3 Å². The van der Waals surface area contributed by atoms with Crippen LogP contribution in [0.2, 0.25) is 0 Å². The second kappa shape index (κ2) is 4.66. The van der Waals surface area contributed by atoms with Crippen molar-refractivity contribution >= 4 is 39.3 Å². The summed E-state index contributed by atoms with van der Waals surface area (Å²) in [5, 5.41) is 10.7. The Morgan fingerprint density at radius 1 is 1.71 bits per heavy atom. The first-order valence-electron chi connectivity index (χ1n) is 4.96. The zero-order chi connectivity index (χ0) is 12.6. The van der Waals surface area contributed by atoms with Gasteiger partial charge in [0.2, 0.25) is 0 Å². The van der Waals surface area contributed by atoms with Crippen LogP contribution in [0.5, 0.6) is 0 Å². The van der Waals surface area contributed by atoms with E-state index in [4.69, 9.17) is 5.11 Å². The van der Waals surface area contributed by atoms with Gasteiger partial charge >= 0.3 is 12.0 Å². The normalized spacial score (nSPS) is 20.1. The predicted octanol–water partition coefficient (Wildman–Crippen LogP) is 2.00. The molecule has 1 aromatic heterocycles. The van der Waals surface area contributed by atoms with Gasteiger partial charge in [-0.05, 0) is 22.0 Å². The molecule has 5 nitrogen and oxygen atoms in total. The number of thiophene rings is 1. The highest BCUT2D eigenvalue weighted by Crippen LogP contribution is 2.33. The van der Waals surface area contributed by atoms with E-state index in [0.717, 1.165) is 9.35 Å². The van der Waals surface area contributed by atoms with Crippen molar-refractivity contribution in [3.8, 4) is 0 Å². The quantitative estimate of drug-likeness (QED) is 0.927. The third-order valence-electron chi connectivity index (χ3n) is 2.68. The molecule has 0 aromatic carbocycles. The van der Waals surface area contributed by atoms with E-state index in [0.29, 0.717) is 6.54 Å². The fourth-order valence-electron chi connectivity index (χ4n) is 1.85. The van der Waals surface area contributed by atoms with Gasteiger partial charge in [-0.1, -0.05) is 0 Å². The lowest BCUT2D eigenvalue weighted by Gasteiger charge is -2.15. The fraction of sp³-hybridized carbons (Fsp3) is 0.400. The molecule has 1 N–H and O–H groups in total. The summed E-state index contributed by atoms with van der Waals surface area (Å²) in [5.74, 6) is -0.986. The van der Waals surface area contributed by atoms with Crippen LogP contribution in [0.1, 0.15) is 10.9 Å². The number of aliphatic carboxylic acids is 1. The Kier molecular flexibility index (Phi) is 3.39. The molecule has 7 heteroatoms. The highest BCUT2D eigenvalue weighted by atomic mass is 79.9. The Morgan fingerprint density at radius 2 is 2.41 bits per heavy atom. The first kappa shape index (κ1) is 12.4. The lowest BCUT2D eigenvalue weighted by molar-refractivity contribution is -0.137. The van der Waals surface area contributed by atoms with Gasteiger partial charge in [0.25, 0.3) is 0 Å². The number of carboxylic acids is 1. The van der Waals surface area contributed by atoms with Crippen LogP contribution in [0.3, 0.4) is 0 Å². The molecule has 17 heavy (non-hydrogen) atoms. The topological polar surface area (TPSA) is 60.9 Å². The van der Waals surface area contributed by atoms with Crippen molar-refractivity contribution in [3.63, 3.8) is 0 Å². The van der Waals surface area contributed by atoms with Crippen molar-refractivity contribution in [2.75, 3.05) is 20.1 Å². The molecule has 1 aromatic rings. The number of likely N-dealkylation sites (N-methyl/N-ethyl adjacent to an activating group) is 1. The maximum atomic E-state index is 11.8. The van der Waals surface area contributed by atoms with Crippen LogP contribution in [0.15, 0.2) is 15.9 Å². The van der Waals surface area contributed by atoms with Crippen molar-refractivity contribution in [3.05, 3.63) is 20.8 Å². The number of hydrogen-bond acceptors (Lipinski definition) is 3. The fourth-order valence-corrected chi connectivity index (χ4v) is 3.42. The van der Waals surface area contributed by atoms with E-state index in [1.54, 1.807) is 23.3 Å². The third-order valence-corrected chi connectivity index (χ3v) is 4.47. The Balaban J connectivity index is 2.16. The monoisotopic (exact) mass is 318 g/mol. The van der Waals surface area contributed by atoms with Crippen LogP contribution in [-0.2, 0) is 4.79 Å². The average molecular weight is 319 g/mol. The molecule has 1 saturated heterocycles. The summed E-state index contributed by atoms with van der Waals surface area (Å²) in [5.41, 5.74) is 0. The zero-order valence-electron chi connectivity index (χ0n) is 9.09. The molecular weight excluding hydrogens is 308 g/mol. The molecule has 92 valence electrons. The van der Waals surface area contributed by atoms with Crippen molar-refractivity contribution in [1.82, 2.24) is 9.80 Å². The smallest absolute Gasteiger partial charge is 0.323 e. The summed E-state index contributed by atoms with van der Waals surface area (Å²) in [6, 6.07) is 1.67. The molecule has 1 aliphatic heterocycles. The molecule has 2 heterocycles. The van der Waals surface area contributed by atoms with Crippen molar-refractivity contribution in [2.24, 2.45) is 0 Å². The number of urea groups is 1. The second-order valence-corrected chi connectivity index (χ2v) is 5.71. The van der Waals surface area contributed by atoms with Gasteiger partial charge in [-0.25, -0.2) is 4.79 Å². The van der Waals surface area contributed by atoms with E-state index in [-0.39, 0.29) is 18.6 Å². The van der Waals surface area contributed by atoms with Crippen LogP contribution in [0.4, 0.5) is 4.79 Å². The first-order valence-corrected chi connectivity index (χ1v) is 6.63. The van der Waals surface area contributed by atoms with Gasteiger partial charge in [0.05, 0.1) is 6.04 Å². The highest BCUT2D eigenvalue weighted by molar-refractivity contribution is 9.10. The second-order valence-electron chi connectivity index (χ2n) is 3.85. The van der Waals surface area contributed by atoms with Gasteiger partial charge < -0.3 is 14.9 Å². The molecule has 0 radical (unpaired) electrons. The molecular formula is C10H11BrN2O3S. The van der Waals surface area contributed by atoms with Gasteiger partial charge in [-0.15, -0.1) is 11.3 Å². The third kappa shape index (κ3) is 2.44. The number of hydrogen-bond donors (Lipinski definition) is 1. The molecule has 1 atom stereocenters. The lowest BCUT2D eigenvalue weighted by atomic mass is 10.2. The summed E-state index contributed by atoms with van der Waals surface area (Å²) in [4.78, 5) is 26.4. The van der Waals surface area contributed by atoms with Crippen molar-refractivity contribution < 1.29 is 14.7 Å². The number of carboxylic acid groups (broad SMARTS) is 1. The molecule has 2 rings (SSSR count). The van der Waals surface area contributed by atoms with Gasteiger partial charge in [0.15, 0.2) is 0 Å². The highest BCUT2D eigenvalue weighted by Gasteiger charge is 2.36. The number of rotatable bonds is 3. The molecule has 1 fully saturated rings. The molecule has 0 spiro atoms. The largest absolute Gasteiger partial charge is 0.480 e. The van der Waals surface area contributed by atoms with E-state index in [1.165, 1.54) is 4.90 Å². The molecule has 0 saturated carbocycles. The van der Waals surface area contributed by atoms with Gasteiger partial charge in [-0.3, -0.25) is 4.79 Å². The van der Waals surface area contributed by atoms with Crippen molar-refractivity contribution in [1.29, 1.82) is 0 Å². The Bertz CT molecular complexity index is 462. The van der Waals surface area contributed by atoms with Crippen LogP contribution in [-0.4, -0.2) is 47.0 Å². The minimum Gasteiger partial charge on any atom is -0.480 e. The summed E-state index contributed by atoms with van der Waals surface area (Å²) < 4.78 is 0.982. The maximum absolute atomic E-state index is 11.8. The predicted molar refractivity (Wildman–Crippen MR) is 67.1 cm³/mol. The summed E-state index contributed by atoms with van der Waals surface area (Å²) in [6.07, 6.45) is 0. The SMILES string of the molecule is CN1C(=O)N(CC(=O)O)CC1c1cc(Br)cs1. The number of amides is 2.